The number of aromatic amines is 1. The first kappa shape index (κ1) is 13.7. The lowest BCUT2D eigenvalue weighted by molar-refractivity contribution is 0.287. The fraction of sp³-hybridized carbons (Fsp3) is 0.412. The Hall–Kier alpha value is -2.70. The highest BCUT2D eigenvalue weighted by molar-refractivity contribution is 5.88. The molecule has 6 rings (SSSR count). The second-order valence-corrected chi connectivity index (χ2v) is 6.74. The lowest BCUT2D eigenvalue weighted by atomic mass is 9.87. The Labute approximate surface area is 139 Å². The molecule has 122 valence electrons. The van der Waals surface area contributed by atoms with Gasteiger partial charge in [-0.3, -0.25) is 0 Å². The van der Waals surface area contributed by atoms with E-state index in [2.05, 4.69) is 40.8 Å². The zero-order valence-electron chi connectivity index (χ0n) is 13.8. The topological polar surface area (TPSA) is 73.8 Å². The summed E-state index contributed by atoms with van der Waals surface area (Å²) in [7, 11) is 0. The van der Waals surface area contributed by atoms with Gasteiger partial charge in [-0.15, -0.1) is 0 Å². The SMILES string of the molecule is Cc1cc(C)nc(N2CC3CC(C2)N3c2ncnc3[nH]ccc23)n1. The predicted octanol–water partition coefficient (Wildman–Crippen LogP) is 1.83. The molecule has 0 saturated carbocycles. The summed E-state index contributed by atoms with van der Waals surface area (Å²) in [6.45, 7) is 5.93. The van der Waals surface area contributed by atoms with Crippen LogP contribution in [0.25, 0.3) is 11.0 Å². The molecule has 7 heteroatoms. The number of piperidine rings is 1. The molecule has 1 N–H and O–H groups in total. The summed E-state index contributed by atoms with van der Waals surface area (Å²) in [5.74, 6) is 1.90. The van der Waals surface area contributed by atoms with Crippen molar-refractivity contribution in [1.29, 1.82) is 0 Å². The van der Waals surface area contributed by atoms with Gasteiger partial charge in [-0.2, -0.15) is 0 Å². The third kappa shape index (κ3) is 1.97. The maximum Gasteiger partial charge on any atom is 0.225 e. The molecule has 2 bridgehead atoms. The Balaban J connectivity index is 1.44. The van der Waals surface area contributed by atoms with Gasteiger partial charge in [0.15, 0.2) is 0 Å². The number of fused-ring (bicyclic) bond motifs is 3. The Morgan fingerprint density at radius 2 is 1.83 bits per heavy atom. The van der Waals surface area contributed by atoms with Gasteiger partial charge in [-0.05, 0) is 32.4 Å². The number of anilines is 2. The Morgan fingerprint density at radius 1 is 1.08 bits per heavy atom. The molecular formula is C17H19N7. The van der Waals surface area contributed by atoms with Gasteiger partial charge in [-0.25, -0.2) is 19.9 Å². The maximum absolute atomic E-state index is 4.62. The van der Waals surface area contributed by atoms with Crippen LogP contribution in [0.1, 0.15) is 17.8 Å². The first-order valence-corrected chi connectivity index (χ1v) is 8.33. The molecule has 3 aromatic heterocycles. The minimum atomic E-state index is 0.459. The van der Waals surface area contributed by atoms with E-state index in [4.69, 9.17) is 0 Å². The lowest BCUT2D eigenvalue weighted by Crippen LogP contribution is -2.69. The van der Waals surface area contributed by atoms with Crippen molar-refractivity contribution in [3.05, 3.63) is 36.0 Å². The molecule has 0 aliphatic carbocycles. The first-order valence-electron chi connectivity index (χ1n) is 8.33. The molecule has 0 aromatic carbocycles. The summed E-state index contributed by atoms with van der Waals surface area (Å²) in [6.07, 6.45) is 4.78. The molecular weight excluding hydrogens is 302 g/mol. The van der Waals surface area contributed by atoms with E-state index in [0.29, 0.717) is 12.1 Å². The monoisotopic (exact) mass is 321 g/mol. The molecule has 0 spiro atoms. The van der Waals surface area contributed by atoms with Crippen LogP contribution < -0.4 is 9.80 Å². The number of rotatable bonds is 2. The second-order valence-electron chi connectivity index (χ2n) is 6.74. The second kappa shape index (κ2) is 4.90. The van der Waals surface area contributed by atoms with E-state index >= 15 is 0 Å². The van der Waals surface area contributed by atoms with Crippen molar-refractivity contribution in [2.45, 2.75) is 32.4 Å². The van der Waals surface area contributed by atoms with Crippen molar-refractivity contribution in [3.8, 4) is 0 Å². The summed E-state index contributed by atoms with van der Waals surface area (Å²) in [5.41, 5.74) is 2.95. The number of piperazine rings is 1. The molecule has 3 aliphatic heterocycles. The molecule has 3 aliphatic rings. The zero-order chi connectivity index (χ0) is 16.3. The van der Waals surface area contributed by atoms with E-state index in [1.807, 2.05) is 26.1 Å². The van der Waals surface area contributed by atoms with Crippen molar-refractivity contribution in [2.24, 2.45) is 0 Å². The van der Waals surface area contributed by atoms with E-state index in [1.165, 1.54) is 6.42 Å². The lowest BCUT2D eigenvalue weighted by Gasteiger charge is -2.57. The van der Waals surface area contributed by atoms with Gasteiger partial charge >= 0.3 is 0 Å². The predicted molar refractivity (Wildman–Crippen MR) is 92.3 cm³/mol. The van der Waals surface area contributed by atoms with Gasteiger partial charge in [0.2, 0.25) is 5.95 Å². The van der Waals surface area contributed by atoms with E-state index in [1.54, 1.807) is 6.33 Å². The van der Waals surface area contributed by atoms with Crippen molar-refractivity contribution >= 4 is 22.8 Å². The average molecular weight is 321 g/mol. The van der Waals surface area contributed by atoms with Crippen LogP contribution in [0.15, 0.2) is 24.7 Å². The normalized spacial score (nSPS) is 22.8. The number of H-pyrrole nitrogens is 1. The van der Waals surface area contributed by atoms with Gasteiger partial charge in [-0.1, -0.05) is 0 Å². The third-order valence-corrected chi connectivity index (χ3v) is 5.02. The average Bonchev–Trinajstić information content (AvgIpc) is 3.03. The fourth-order valence-corrected chi connectivity index (χ4v) is 4.03. The molecule has 2 atom stereocenters. The minimum Gasteiger partial charge on any atom is -0.346 e. The van der Waals surface area contributed by atoms with E-state index < -0.39 is 0 Å². The van der Waals surface area contributed by atoms with Crippen molar-refractivity contribution in [3.63, 3.8) is 0 Å². The van der Waals surface area contributed by atoms with Crippen LogP contribution in [0, 0.1) is 13.8 Å². The van der Waals surface area contributed by atoms with E-state index in [-0.39, 0.29) is 0 Å². The number of nitrogens with zero attached hydrogens (tertiary/aromatic N) is 6. The summed E-state index contributed by atoms with van der Waals surface area (Å²) in [5, 5.41) is 1.10. The van der Waals surface area contributed by atoms with Crippen molar-refractivity contribution < 1.29 is 0 Å². The number of nitrogens with one attached hydrogen (secondary N) is 1. The molecule has 3 saturated heterocycles. The zero-order valence-corrected chi connectivity index (χ0v) is 13.8. The van der Waals surface area contributed by atoms with Crippen LogP contribution in [0.2, 0.25) is 0 Å². The Kier molecular flexibility index (Phi) is 2.80. The molecule has 6 heterocycles. The number of hydrogen-bond acceptors (Lipinski definition) is 6. The standard InChI is InChI=1S/C17H19N7/c1-10-5-11(2)22-17(21-10)23-7-12-6-13(8-23)24(12)16-14-3-4-18-15(14)19-9-20-16/h3-5,9,12-13H,6-8H2,1-2H3,(H,18,19,20). The van der Waals surface area contributed by atoms with Crippen molar-refractivity contribution in [2.75, 3.05) is 22.9 Å². The van der Waals surface area contributed by atoms with E-state index in [9.17, 15) is 0 Å². The maximum atomic E-state index is 4.62. The Bertz CT molecular complexity index is 886. The van der Waals surface area contributed by atoms with Crippen LogP contribution in [0.5, 0.6) is 0 Å². The molecule has 3 aromatic rings. The quantitative estimate of drug-likeness (QED) is 0.776. The van der Waals surface area contributed by atoms with Gasteiger partial charge in [0.05, 0.1) is 17.5 Å². The molecule has 0 radical (unpaired) electrons. The van der Waals surface area contributed by atoms with Gasteiger partial charge in [0.1, 0.15) is 17.8 Å². The smallest absolute Gasteiger partial charge is 0.225 e. The molecule has 24 heavy (non-hydrogen) atoms. The minimum absolute atomic E-state index is 0.459. The van der Waals surface area contributed by atoms with Crippen LogP contribution in [0.3, 0.4) is 0 Å². The highest BCUT2D eigenvalue weighted by Gasteiger charge is 2.46. The summed E-state index contributed by atoms with van der Waals surface area (Å²) in [4.78, 5) is 26.0. The summed E-state index contributed by atoms with van der Waals surface area (Å²) in [6, 6.07) is 5.00. The van der Waals surface area contributed by atoms with Crippen LogP contribution in [0.4, 0.5) is 11.8 Å². The largest absolute Gasteiger partial charge is 0.346 e. The summed E-state index contributed by atoms with van der Waals surface area (Å²) < 4.78 is 0. The molecule has 3 fully saturated rings. The molecule has 2 unspecified atom stereocenters. The molecule has 0 amide bonds. The highest BCUT2D eigenvalue weighted by Crippen LogP contribution is 2.39. The van der Waals surface area contributed by atoms with Gasteiger partial charge in [0, 0.05) is 30.7 Å². The fourth-order valence-electron chi connectivity index (χ4n) is 4.03. The van der Waals surface area contributed by atoms with Gasteiger partial charge in [0.25, 0.3) is 0 Å². The highest BCUT2D eigenvalue weighted by atomic mass is 15.4. The number of aromatic nitrogens is 5. The number of hydrogen-bond donors (Lipinski definition) is 1. The van der Waals surface area contributed by atoms with Crippen LogP contribution in [-0.2, 0) is 0 Å². The van der Waals surface area contributed by atoms with Gasteiger partial charge < -0.3 is 14.8 Å². The van der Waals surface area contributed by atoms with Crippen molar-refractivity contribution in [1.82, 2.24) is 24.9 Å². The third-order valence-electron chi connectivity index (χ3n) is 5.02. The first-order chi connectivity index (χ1) is 11.7. The van der Waals surface area contributed by atoms with Crippen LogP contribution in [-0.4, -0.2) is 50.1 Å². The van der Waals surface area contributed by atoms with E-state index in [0.717, 1.165) is 47.3 Å². The Morgan fingerprint density at radius 3 is 2.58 bits per heavy atom. The summed E-state index contributed by atoms with van der Waals surface area (Å²) >= 11 is 0. The molecule has 7 nitrogen and oxygen atoms in total. The number of aryl methyl sites for hydroxylation is 2. The van der Waals surface area contributed by atoms with Crippen LogP contribution >= 0.6 is 0 Å².